The van der Waals surface area contributed by atoms with Gasteiger partial charge in [0.2, 0.25) is 5.91 Å². The molecular formula is C20H27F3N4O3S. The van der Waals surface area contributed by atoms with Gasteiger partial charge in [-0.2, -0.15) is 13.2 Å². The molecule has 3 rings (SSSR count). The number of fused-ring (bicyclic) bond motifs is 1. The van der Waals surface area contributed by atoms with Gasteiger partial charge in [0.15, 0.2) is 0 Å². The highest BCUT2D eigenvalue weighted by molar-refractivity contribution is 7.10. The average molecular weight is 461 g/mol. The van der Waals surface area contributed by atoms with E-state index in [-0.39, 0.29) is 11.9 Å². The summed E-state index contributed by atoms with van der Waals surface area (Å²) in [4.78, 5) is 31.6. The third-order valence-electron chi connectivity index (χ3n) is 5.14. The van der Waals surface area contributed by atoms with E-state index >= 15 is 0 Å². The number of hydrogen-bond acceptors (Lipinski definition) is 5. The molecule has 1 amide bonds. The Morgan fingerprint density at radius 3 is 2.52 bits per heavy atom. The number of carbonyl (C=O) groups is 2. The molecule has 0 saturated heterocycles. The molecule has 0 fully saturated rings. The lowest BCUT2D eigenvalue weighted by atomic mass is 10.1. The van der Waals surface area contributed by atoms with Crippen molar-refractivity contribution in [3.05, 3.63) is 40.1 Å². The molecule has 0 spiro atoms. The summed E-state index contributed by atoms with van der Waals surface area (Å²) >= 11 is 1.64. The Morgan fingerprint density at radius 2 is 2.00 bits per heavy atom. The van der Waals surface area contributed by atoms with Crippen molar-refractivity contribution < 1.29 is 27.9 Å². The maximum absolute atomic E-state index is 12.6. The number of halogens is 3. The van der Waals surface area contributed by atoms with Crippen molar-refractivity contribution in [2.45, 2.75) is 58.5 Å². The Morgan fingerprint density at radius 1 is 1.35 bits per heavy atom. The SMILES string of the molecule is CC(C)N(C)Cc1cnc2n1CCN(C(=O)Cc1cccs1)C2C.O=C(O)C(F)(F)F. The Balaban J connectivity index is 0.000000423. The lowest BCUT2D eigenvalue weighted by molar-refractivity contribution is -0.192. The summed E-state index contributed by atoms with van der Waals surface area (Å²) in [6.07, 6.45) is -2.62. The van der Waals surface area contributed by atoms with Gasteiger partial charge in [-0.05, 0) is 39.3 Å². The quantitative estimate of drug-likeness (QED) is 0.738. The van der Waals surface area contributed by atoms with E-state index in [1.807, 2.05) is 28.6 Å². The molecule has 0 saturated carbocycles. The maximum Gasteiger partial charge on any atom is 0.490 e. The van der Waals surface area contributed by atoms with Gasteiger partial charge in [-0.1, -0.05) is 6.07 Å². The van der Waals surface area contributed by atoms with E-state index in [0.717, 1.165) is 30.3 Å². The van der Waals surface area contributed by atoms with Crippen LogP contribution in [0.1, 0.15) is 43.2 Å². The van der Waals surface area contributed by atoms with Gasteiger partial charge >= 0.3 is 12.1 Å². The van der Waals surface area contributed by atoms with Crippen LogP contribution in [0.15, 0.2) is 23.7 Å². The second-order valence-corrected chi connectivity index (χ2v) is 8.62. The van der Waals surface area contributed by atoms with Gasteiger partial charge in [-0.3, -0.25) is 9.69 Å². The van der Waals surface area contributed by atoms with Crippen LogP contribution < -0.4 is 0 Å². The second kappa shape index (κ2) is 10.3. The molecule has 1 atom stereocenters. The Bertz CT molecular complexity index is 881. The highest BCUT2D eigenvalue weighted by Gasteiger charge is 2.38. The van der Waals surface area contributed by atoms with Crippen molar-refractivity contribution in [3.63, 3.8) is 0 Å². The summed E-state index contributed by atoms with van der Waals surface area (Å²) in [5, 5.41) is 9.15. The minimum absolute atomic E-state index is 0.0318. The van der Waals surface area contributed by atoms with Crippen LogP contribution in [0.5, 0.6) is 0 Å². The summed E-state index contributed by atoms with van der Waals surface area (Å²) < 4.78 is 34.0. The summed E-state index contributed by atoms with van der Waals surface area (Å²) in [6, 6.07) is 4.56. The minimum atomic E-state index is -5.08. The lowest BCUT2D eigenvalue weighted by Gasteiger charge is -2.35. The van der Waals surface area contributed by atoms with E-state index < -0.39 is 12.1 Å². The molecule has 2 aromatic heterocycles. The zero-order valence-electron chi connectivity index (χ0n) is 17.9. The molecule has 2 aromatic rings. The number of alkyl halides is 3. The molecule has 1 N–H and O–H groups in total. The maximum atomic E-state index is 12.6. The van der Waals surface area contributed by atoms with E-state index in [2.05, 4.69) is 42.3 Å². The van der Waals surface area contributed by atoms with Crippen molar-refractivity contribution >= 4 is 23.2 Å². The van der Waals surface area contributed by atoms with Crippen LogP contribution in [0.2, 0.25) is 0 Å². The molecular weight excluding hydrogens is 433 g/mol. The van der Waals surface area contributed by atoms with E-state index in [1.54, 1.807) is 11.3 Å². The van der Waals surface area contributed by atoms with Crippen LogP contribution in [-0.4, -0.2) is 62.1 Å². The second-order valence-electron chi connectivity index (χ2n) is 7.59. The predicted molar refractivity (Wildman–Crippen MR) is 111 cm³/mol. The molecule has 31 heavy (non-hydrogen) atoms. The Labute approximate surface area is 183 Å². The molecule has 3 heterocycles. The van der Waals surface area contributed by atoms with Crippen LogP contribution in [0.3, 0.4) is 0 Å². The number of rotatable bonds is 5. The van der Waals surface area contributed by atoms with E-state index in [9.17, 15) is 18.0 Å². The Hall–Kier alpha value is -2.40. The third kappa shape index (κ3) is 6.54. The lowest BCUT2D eigenvalue weighted by Crippen LogP contribution is -2.42. The fourth-order valence-corrected chi connectivity index (χ4v) is 3.82. The van der Waals surface area contributed by atoms with E-state index in [1.165, 1.54) is 5.69 Å². The number of thiophene rings is 1. The van der Waals surface area contributed by atoms with Gasteiger partial charge in [0.1, 0.15) is 5.82 Å². The molecule has 0 radical (unpaired) electrons. The van der Waals surface area contributed by atoms with Gasteiger partial charge in [0.05, 0.1) is 18.2 Å². The van der Waals surface area contributed by atoms with Crippen molar-refractivity contribution in [2.75, 3.05) is 13.6 Å². The van der Waals surface area contributed by atoms with Gasteiger partial charge in [-0.25, -0.2) is 9.78 Å². The van der Waals surface area contributed by atoms with Crippen LogP contribution in [0.25, 0.3) is 0 Å². The van der Waals surface area contributed by atoms with Crippen molar-refractivity contribution in [1.29, 1.82) is 0 Å². The number of carboxylic acid groups (broad SMARTS) is 1. The molecule has 172 valence electrons. The molecule has 1 aliphatic heterocycles. The summed E-state index contributed by atoms with van der Waals surface area (Å²) in [5.41, 5.74) is 1.23. The number of carbonyl (C=O) groups excluding carboxylic acids is 1. The van der Waals surface area contributed by atoms with Crippen molar-refractivity contribution in [3.8, 4) is 0 Å². The van der Waals surface area contributed by atoms with Crippen LogP contribution in [0.4, 0.5) is 13.2 Å². The van der Waals surface area contributed by atoms with Crippen LogP contribution >= 0.6 is 11.3 Å². The molecule has 0 aliphatic carbocycles. The topological polar surface area (TPSA) is 78.7 Å². The average Bonchev–Trinajstić information content (AvgIpc) is 3.32. The number of amides is 1. The van der Waals surface area contributed by atoms with E-state index in [0.29, 0.717) is 12.5 Å². The van der Waals surface area contributed by atoms with Crippen LogP contribution in [0, 0.1) is 0 Å². The van der Waals surface area contributed by atoms with E-state index in [4.69, 9.17) is 9.90 Å². The highest BCUT2D eigenvalue weighted by atomic mass is 32.1. The first-order valence-electron chi connectivity index (χ1n) is 9.78. The normalized spacial score (nSPS) is 16.2. The standard InChI is InChI=1S/C18H26N4OS.C2HF3O2/c1-13(2)20(4)12-15-11-19-18-14(3)21(7-8-22(15)18)17(23)10-16-6-5-9-24-16;3-2(4,5)1(6)7/h5-6,9,11,13-14H,7-8,10,12H2,1-4H3;(H,6,7). The van der Waals surface area contributed by atoms with Crippen molar-refractivity contribution in [1.82, 2.24) is 19.4 Å². The first-order chi connectivity index (χ1) is 14.4. The first kappa shape index (κ1) is 24.9. The fraction of sp³-hybridized carbons (Fsp3) is 0.550. The number of aromatic nitrogens is 2. The molecule has 1 aliphatic rings. The summed E-state index contributed by atoms with van der Waals surface area (Å²) in [5.74, 6) is -1.56. The minimum Gasteiger partial charge on any atom is -0.475 e. The van der Waals surface area contributed by atoms with Gasteiger partial charge in [-0.15, -0.1) is 11.3 Å². The smallest absolute Gasteiger partial charge is 0.475 e. The fourth-order valence-electron chi connectivity index (χ4n) is 3.13. The third-order valence-corrected chi connectivity index (χ3v) is 6.01. The summed E-state index contributed by atoms with van der Waals surface area (Å²) in [6.45, 7) is 8.95. The number of hydrogen-bond donors (Lipinski definition) is 1. The zero-order chi connectivity index (χ0) is 23.3. The molecule has 0 bridgehead atoms. The predicted octanol–water partition coefficient (Wildman–Crippen LogP) is 3.56. The number of aliphatic carboxylic acids is 1. The van der Waals surface area contributed by atoms with Crippen LogP contribution in [-0.2, 0) is 29.1 Å². The monoisotopic (exact) mass is 460 g/mol. The molecule has 1 unspecified atom stereocenters. The van der Waals surface area contributed by atoms with Gasteiger partial charge < -0.3 is 14.6 Å². The number of imidazole rings is 1. The first-order valence-corrected chi connectivity index (χ1v) is 10.7. The zero-order valence-corrected chi connectivity index (χ0v) is 18.7. The molecule has 11 heteroatoms. The van der Waals surface area contributed by atoms with Gasteiger partial charge in [0.25, 0.3) is 0 Å². The summed E-state index contributed by atoms with van der Waals surface area (Å²) in [7, 11) is 2.13. The van der Waals surface area contributed by atoms with Gasteiger partial charge in [0, 0.05) is 36.8 Å². The number of carboxylic acids is 1. The largest absolute Gasteiger partial charge is 0.490 e. The number of nitrogens with zero attached hydrogens (tertiary/aromatic N) is 4. The Kier molecular flexibility index (Phi) is 8.24. The molecule has 0 aromatic carbocycles. The van der Waals surface area contributed by atoms with Crippen molar-refractivity contribution in [2.24, 2.45) is 0 Å². The molecule has 7 nitrogen and oxygen atoms in total. The highest BCUT2D eigenvalue weighted by Crippen LogP contribution is 2.27.